The maximum Gasteiger partial charge on any atom is 0.0361 e. The largest absolute Gasteiger partial charge is 0.326 e. The molecule has 0 radical (unpaired) electrons. The molecule has 3 fully saturated rings. The summed E-state index contributed by atoms with van der Waals surface area (Å²) in [7, 11) is 0. The van der Waals surface area contributed by atoms with Crippen LogP contribution in [-0.4, -0.2) is 24.2 Å². The molecule has 4 heteroatoms. The van der Waals surface area contributed by atoms with Crippen molar-refractivity contribution in [3.63, 3.8) is 0 Å². The first-order chi connectivity index (χ1) is 7.91. The Balaban J connectivity index is 2.14. The van der Waals surface area contributed by atoms with Crippen molar-refractivity contribution in [2.75, 3.05) is 0 Å². The van der Waals surface area contributed by atoms with Gasteiger partial charge in [0.05, 0.1) is 0 Å². The fraction of sp³-hybridized carbons (Fsp3) is 1.00. The molecule has 3 aliphatic carbocycles. The van der Waals surface area contributed by atoms with Crippen LogP contribution >= 0.6 is 0 Å². The molecule has 0 aromatic rings. The summed E-state index contributed by atoms with van der Waals surface area (Å²) in [6.45, 7) is 4.61. The quantitative estimate of drug-likeness (QED) is 0.518. The van der Waals surface area contributed by atoms with Crippen molar-refractivity contribution in [1.82, 2.24) is 0 Å². The molecule has 0 amide bonds. The summed E-state index contributed by atoms with van der Waals surface area (Å²) >= 11 is 0. The molecule has 100 valence electrons. The van der Waals surface area contributed by atoms with Crippen LogP contribution in [-0.2, 0) is 0 Å². The average Bonchev–Trinajstić information content (AvgIpc) is 2.27. The Morgan fingerprint density at radius 3 is 1.53 bits per heavy atom. The standard InChI is InChI=1S/C13H28N4/c1-6(2)11-7-3-8(11)5-10(15)13(17)12(16)9(14)4-7/h6-13H,3-5,14-17H2,1-2H3. The lowest BCUT2D eigenvalue weighted by molar-refractivity contribution is 0.0153. The van der Waals surface area contributed by atoms with Crippen LogP contribution in [0.25, 0.3) is 0 Å². The number of nitrogens with two attached hydrogens (primary N) is 4. The summed E-state index contributed by atoms with van der Waals surface area (Å²) in [5, 5.41) is 0. The Morgan fingerprint density at radius 1 is 0.765 bits per heavy atom. The molecule has 0 aromatic heterocycles. The van der Waals surface area contributed by atoms with Crippen molar-refractivity contribution in [3.05, 3.63) is 0 Å². The third kappa shape index (κ3) is 2.36. The van der Waals surface area contributed by atoms with Gasteiger partial charge >= 0.3 is 0 Å². The molecule has 3 rings (SSSR count). The number of hydrogen-bond acceptors (Lipinski definition) is 4. The minimum absolute atomic E-state index is 0.00125. The van der Waals surface area contributed by atoms with Crippen molar-refractivity contribution in [2.45, 2.75) is 57.3 Å². The zero-order valence-corrected chi connectivity index (χ0v) is 11.0. The fourth-order valence-electron chi connectivity index (χ4n) is 4.07. The van der Waals surface area contributed by atoms with Gasteiger partial charge in [-0.15, -0.1) is 0 Å². The highest BCUT2D eigenvalue weighted by molar-refractivity contribution is 5.02. The van der Waals surface area contributed by atoms with E-state index in [9.17, 15) is 0 Å². The SMILES string of the molecule is CC(C)C1C2CC(N)C(N)C(N)C(N)CC1C2. The van der Waals surface area contributed by atoms with Gasteiger partial charge in [0.25, 0.3) is 0 Å². The second-order valence-corrected chi connectivity index (χ2v) is 6.53. The summed E-state index contributed by atoms with van der Waals surface area (Å²) in [5.41, 5.74) is 24.6. The Bertz CT molecular complexity index is 246. The van der Waals surface area contributed by atoms with E-state index in [1.165, 1.54) is 6.42 Å². The Kier molecular flexibility index (Phi) is 3.78. The maximum absolute atomic E-state index is 6.19. The predicted molar refractivity (Wildman–Crippen MR) is 71.1 cm³/mol. The van der Waals surface area contributed by atoms with Crippen LogP contribution in [0, 0.1) is 23.7 Å². The molecule has 8 N–H and O–H groups in total. The summed E-state index contributed by atoms with van der Waals surface area (Å²) < 4.78 is 0. The zero-order valence-electron chi connectivity index (χ0n) is 11.0. The highest BCUT2D eigenvalue weighted by atomic mass is 14.9. The lowest BCUT2D eigenvalue weighted by Gasteiger charge is -2.48. The smallest absolute Gasteiger partial charge is 0.0361 e. The first kappa shape index (κ1) is 13.3. The minimum Gasteiger partial charge on any atom is -0.326 e. The minimum atomic E-state index is -0.155. The molecule has 3 aliphatic rings. The van der Waals surface area contributed by atoms with Gasteiger partial charge in [-0.1, -0.05) is 13.8 Å². The molecular weight excluding hydrogens is 212 g/mol. The number of fused-ring (bicyclic) bond motifs is 5. The fourth-order valence-corrected chi connectivity index (χ4v) is 4.07. The van der Waals surface area contributed by atoms with Gasteiger partial charge < -0.3 is 22.9 Å². The normalized spacial score (nSPS) is 51.4. The van der Waals surface area contributed by atoms with E-state index in [0.29, 0.717) is 5.92 Å². The lowest BCUT2D eigenvalue weighted by Crippen LogP contribution is -2.59. The van der Waals surface area contributed by atoms with E-state index >= 15 is 0 Å². The molecule has 4 nitrogen and oxygen atoms in total. The molecule has 0 heterocycles. The summed E-state index contributed by atoms with van der Waals surface area (Å²) in [6.07, 6.45) is 3.30. The van der Waals surface area contributed by atoms with Gasteiger partial charge in [-0.05, 0) is 42.9 Å². The van der Waals surface area contributed by atoms with Crippen LogP contribution in [0.4, 0.5) is 0 Å². The van der Waals surface area contributed by atoms with E-state index in [2.05, 4.69) is 13.8 Å². The summed E-state index contributed by atoms with van der Waals surface area (Å²) in [6, 6.07) is -0.308. The summed E-state index contributed by atoms with van der Waals surface area (Å²) in [4.78, 5) is 0. The van der Waals surface area contributed by atoms with Crippen LogP contribution < -0.4 is 22.9 Å². The van der Waals surface area contributed by atoms with Crippen molar-refractivity contribution in [3.8, 4) is 0 Å². The maximum atomic E-state index is 6.19. The molecule has 6 unspecified atom stereocenters. The van der Waals surface area contributed by atoms with Gasteiger partial charge in [-0.25, -0.2) is 0 Å². The molecule has 0 saturated heterocycles. The first-order valence-corrected chi connectivity index (χ1v) is 6.94. The third-order valence-electron chi connectivity index (χ3n) is 5.05. The van der Waals surface area contributed by atoms with Crippen LogP contribution in [0.15, 0.2) is 0 Å². The zero-order chi connectivity index (χ0) is 12.7. The van der Waals surface area contributed by atoms with Crippen molar-refractivity contribution >= 4 is 0 Å². The number of hydrogen-bond donors (Lipinski definition) is 4. The Morgan fingerprint density at radius 2 is 1.18 bits per heavy atom. The lowest BCUT2D eigenvalue weighted by atomic mass is 9.57. The molecular formula is C13H28N4. The van der Waals surface area contributed by atoms with Gasteiger partial charge in [-0.3, -0.25) is 0 Å². The van der Waals surface area contributed by atoms with Gasteiger partial charge in [0, 0.05) is 24.2 Å². The van der Waals surface area contributed by atoms with E-state index in [1.807, 2.05) is 0 Å². The molecule has 3 saturated carbocycles. The van der Waals surface area contributed by atoms with Crippen LogP contribution in [0.1, 0.15) is 33.1 Å². The van der Waals surface area contributed by atoms with E-state index in [-0.39, 0.29) is 24.2 Å². The second-order valence-electron chi connectivity index (χ2n) is 6.53. The van der Waals surface area contributed by atoms with Gasteiger partial charge in [0.1, 0.15) is 0 Å². The third-order valence-corrected chi connectivity index (χ3v) is 5.05. The van der Waals surface area contributed by atoms with Crippen LogP contribution in [0.2, 0.25) is 0 Å². The molecule has 0 aromatic carbocycles. The Hall–Kier alpha value is -0.160. The highest BCUT2D eigenvalue weighted by Crippen LogP contribution is 2.50. The predicted octanol–water partition coefficient (Wildman–Crippen LogP) is -0.00230. The molecule has 0 aliphatic heterocycles. The molecule has 17 heavy (non-hydrogen) atoms. The van der Waals surface area contributed by atoms with Crippen molar-refractivity contribution in [2.24, 2.45) is 46.6 Å². The van der Waals surface area contributed by atoms with Gasteiger partial charge in [0.2, 0.25) is 0 Å². The molecule has 6 atom stereocenters. The van der Waals surface area contributed by atoms with Crippen molar-refractivity contribution in [1.29, 1.82) is 0 Å². The first-order valence-electron chi connectivity index (χ1n) is 6.94. The van der Waals surface area contributed by atoms with Gasteiger partial charge in [-0.2, -0.15) is 0 Å². The van der Waals surface area contributed by atoms with E-state index in [1.54, 1.807) is 0 Å². The van der Waals surface area contributed by atoms with E-state index in [0.717, 1.165) is 30.6 Å². The Labute approximate surface area is 104 Å². The topological polar surface area (TPSA) is 104 Å². The van der Waals surface area contributed by atoms with Crippen LogP contribution in [0.5, 0.6) is 0 Å². The van der Waals surface area contributed by atoms with E-state index < -0.39 is 0 Å². The highest BCUT2D eigenvalue weighted by Gasteiger charge is 2.46. The number of rotatable bonds is 1. The van der Waals surface area contributed by atoms with E-state index in [4.69, 9.17) is 22.9 Å². The monoisotopic (exact) mass is 240 g/mol. The average molecular weight is 240 g/mol. The van der Waals surface area contributed by atoms with Crippen LogP contribution in [0.3, 0.4) is 0 Å². The van der Waals surface area contributed by atoms with Gasteiger partial charge in [0.15, 0.2) is 0 Å². The van der Waals surface area contributed by atoms with Crippen molar-refractivity contribution < 1.29 is 0 Å². The second kappa shape index (κ2) is 4.84. The molecule has 0 spiro atoms. The summed E-state index contributed by atoms with van der Waals surface area (Å²) in [5.74, 6) is 2.95. The molecule has 2 bridgehead atoms.